The lowest BCUT2D eigenvalue weighted by Gasteiger charge is -2.33. The number of nitrogens with zero attached hydrogens (tertiary/aromatic N) is 3. The van der Waals surface area contributed by atoms with Crippen molar-refractivity contribution in [3.63, 3.8) is 0 Å². The molecular weight excluding hydrogens is 278 g/mol. The van der Waals surface area contributed by atoms with Gasteiger partial charge >= 0.3 is 6.09 Å². The summed E-state index contributed by atoms with van der Waals surface area (Å²) in [5, 5.41) is 0. The molecule has 1 aromatic rings. The maximum absolute atomic E-state index is 12.1. The quantitative estimate of drug-likeness (QED) is 0.837. The molecule has 122 valence electrons. The van der Waals surface area contributed by atoms with Crippen molar-refractivity contribution < 1.29 is 9.53 Å². The first-order chi connectivity index (χ1) is 10.8. The van der Waals surface area contributed by atoms with Crippen molar-refractivity contribution in [1.82, 2.24) is 14.5 Å². The molecule has 5 nitrogen and oxygen atoms in total. The van der Waals surface area contributed by atoms with E-state index in [1.165, 1.54) is 19.3 Å². The Balaban J connectivity index is 1.61. The average molecular weight is 305 g/mol. The van der Waals surface area contributed by atoms with E-state index in [2.05, 4.69) is 15.7 Å². The largest absolute Gasteiger partial charge is 0.449 e. The summed E-state index contributed by atoms with van der Waals surface area (Å²) in [6, 6.07) is 0. The highest BCUT2D eigenvalue weighted by Crippen LogP contribution is 2.31. The van der Waals surface area contributed by atoms with Crippen LogP contribution in [0.25, 0.3) is 0 Å². The van der Waals surface area contributed by atoms with Crippen LogP contribution in [0.4, 0.5) is 4.79 Å². The van der Waals surface area contributed by atoms with Gasteiger partial charge in [0.05, 0.1) is 6.61 Å². The van der Waals surface area contributed by atoms with Crippen molar-refractivity contribution in [2.45, 2.75) is 57.9 Å². The minimum atomic E-state index is -0.163. The highest BCUT2D eigenvalue weighted by atomic mass is 16.6. The third-order valence-electron chi connectivity index (χ3n) is 4.90. The lowest BCUT2D eigenvalue weighted by atomic mass is 9.85. The number of aromatic nitrogens is 2. The van der Waals surface area contributed by atoms with Gasteiger partial charge in [-0.05, 0) is 38.0 Å². The number of imidazole rings is 1. The third kappa shape index (κ3) is 3.45. The second kappa shape index (κ2) is 7.16. The van der Waals surface area contributed by atoms with E-state index < -0.39 is 0 Å². The van der Waals surface area contributed by atoms with Gasteiger partial charge in [-0.25, -0.2) is 9.78 Å². The second-order valence-corrected chi connectivity index (χ2v) is 6.63. The molecule has 2 fully saturated rings. The zero-order valence-corrected chi connectivity index (χ0v) is 13.5. The van der Waals surface area contributed by atoms with Gasteiger partial charge in [-0.1, -0.05) is 13.3 Å². The normalized spacial score (nSPS) is 22.4. The first-order valence-corrected chi connectivity index (χ1v) is 8.70. The molecule has 0 unspecified atom stereocenters. The Bertz CT molecular complexity index is 496. The summed E-state index contributed by atoms with van der Waals surface area (Å²) in [6.45, 7) is 5.17. The van der Waals surface area contributed by atoms with Gasteiger partial charge in [0.25, 0.3) is 0 Å². The number of hydrogen-bond donors (Lipinski definition) is 0. The Morgan fingerprint density at radius 2 is 2.23 bits per heavy atom. The van der Waals surface area contributed by atoms with Crippen LogP contribution in [0, 0.1) is 5.92 Å². The van der Waals surface area contributed by atoms with E-state index in [0.29, 0.717) is 12.5 Å². The molecule has 1 saturated heterocycles. The van der Waals surface area contributed by atoms with Crippen LogP contribution in [-0.2, 0) is 11.3 Å². The van der Waals surface area contributed by atoms with E-state index in [0.717, 1.165) is 50.6 Å². The van der Waals surface area contributed by atoms with Crippen molar-refractivity contribution in [2.75, 3.05) is 19.7 Å². The van der Waals surface area contributed by atoms with Gasteiger partial charge in [-0.3, -0.25) is 0 Å². The van der Waals surface area contributed by atoms with Crippen LogP contribution in [0.15, 0.2) is 12.4 Å². The van der Waals surface area contributed by atoms with Crippen molar-refractivity contribution in [1.29, 1.82) is 0 Å². The van der Waals surface area contributed by atoms with Gasteiger partial charge < -0.3 is 14.2 Å². The van der Waals surface area contributed by atoms with E-state index >= 15 is 0 Å². The smallest absolute Gasteiger partial charge is 0.409 e. The van der Waals surface area contributed by atoms with E-state index in [-0.39, 0.29) is 6.09 Å². The summed E-state index contributed by atoms with van der Waals surface area (Å²) in [5.41, 5.74) is 0. The number of amides is 1. The molecule has 2 aliphatic rings. The molecule has 0 spiro atoms. The average Bonchev–Trinajstić information content (AvgIpc) is 2.97. The molecule has 1 atom stereocenters. The molecule has 0 N–H and O–H groups in total. The Labute approximate surface area is 132 Å². The molecule has 1 aliphatic carbocycles. The number of hydrogen-bond acceptors (Lipinski definition) is 3. The molecule has 0 bridgehead atoms. The Hall–Kier alpha value is -1.52. The standard InChI is InChI=1S/C17H27N3O2/c1-2-11-22-17(21)20-9-4-7-15(13-20)16-18-8-10-19(16)12-14-5-3-6-14/h8,10,14-15H,2-7,9,11-13H2,1H3/t15-/m1/s1. The number of piperidine rings is 1. The lowest BCUT2D eigenvalue weighted by molar-refractivity contribution is 0.0905. The van der Waals surface area contributed by atoms with Crippen molar-refractivity contribution >= 4 is 6.09 Å². The van der Waals surface area contributed by atoms with E-state index in [1.807, 2.05) is 18.0 Å². The van der Waals surface area contributed by atoms with Crippen LogP contribution < -0.4 is 0 Å². The Kier molecular flexibility index (Phi) is 5.01. The molecule has 1 aliphatic heterocycles. The van der Waals surface area contributed by atoms with Crippen molar-refractivity contribution in [2.24, 2.45) is 5.92 Å². The maximum Gasteiger partial charge on any atom is 0.409 e. The highest BCUT2D eigenvalue weighted by Gasteiger charge is 2.29. The molecule has 0 radical (unpaired) electrons. The van der Waals surface area contributed by atoms with E-state index in [1.54, 1.807) is 0 Å². The SMILES string of the molecule is CCCOC(=O)N1CCC[C@@H](c2nccn2CC2CCC2)C1. The van der Waals surface area contributed by atoms with Gasteiger partial charge in [0.2, 0.25) is 0 Å². The Morgan fingerprint density at radius 3 is 2.95 bits per heavy atom. The van der Waals surface area contributed by atoms with Crippen molar-refractivity contribution in [3.05, 3.63) is 18.2 Å². The predicted octanol–water partition coefficient (Wildman–Crippen LogP) is 3.41. The highest BCUT2D eigenvalue weighted by molar-refractivity contribution is 5.67. The van der Waals surface area contributed by atoms with Crippen LogP contribution >= 0.6 is 0 Å². The topological polar surface area (TPSA) is 47.4 Å². The molecule has 1 saturated carbocycles. The first-order valence-electron chi connectivity index (χ1n) is 8.70. The number of carbonyl (C=O) groups excluding carboxylic acids is 1. The summed E-state index contributed by atoms with van der Waals surface area (Å²) in [4.78, 5) is 18.5. The molecule has 5 heteroatoms. The monoisotopic (exact) mass is 305 g/mol. The van der Waals surface area contributed by atoms with Crippen LogP contribution in [0.2, 0.25) is 0 Å². The van der Waals surface area contributed by atoms with E-state index in [9.17, 15) is 4.79 Å². The van der Waals surface area contributed by atoms with Gasteiger partial charge in [-0.15, -0.1) is 0 Å². The predicted molar refractivity (Wildman–Crippen MR) is 84.8 cm³/mol. The van der Waals surface area contributed by atoms with Gasteiger partial charge in [0, 0.05) is 37.9 Å². The van der Waals surface area contributed by atoms with Gasteiger partial charge in [0.1, 0.15) is 5.82 Å². The fourth-order valence-corrected chi connectivity index (χ4v) is 3.42. The second-order valence-electron chi connectivity index (χ2n) is 6.63. The molecule has 22 heavy (non-hydrogen) atoms. The summed E-state index contributed by atoms with van der Waals surface area (Å²) in [7, 11) is 0. The zero-order valence-electron chi connectivity index (χ0n) is 13.5. The molecule has 0 aromatic carbocycles. The molecular formula is C17H27N3O2. The molecule has 2 heterocycles. The number of ether oxygens (including phenoxy) is 1. The van der Waals surface area contributed by atoms with Gasteiger partial charge in [0.15, 0.2) is 0 Å². The summed E-state index contributed by atoms with van der Waals surface area (Å²) < 4.78 is 7.59. The maximum atomic E-state index is 12.1. The summed E-state index contributed by atoms with van der Waals surface area (Å²) in [6.07, 6.45) is 10.9. The number of rotatable bonds is 5. The fraction of sp³-hybridized carbons (Fsp3) is 0.765. The first kappa shape index (κ1) is 15.4. The van der Waals surface area contributed by atoms with Crippen LogP contribution in [0.1, 0.15) is 57.2 Å². The van der Waals surface area contributed by atoms with Crippen LogP contribution in [0.5, 0.6) is 0 Å². The minimum absolute atomic E-state index is 0.163. The number of likely N-dealkylation sites (tertiary alicyclic amines) is 1. The summed E-state index contributed by atoms with van der Waals surface area (Å²) in [5.74, 6) is 2.32. The zero-order chi connectivity index (χ0) is 15.4. The molecule has 1 aromatic heterocycles. The lowest BCUT2D eigenvalue weighted by Crippen LogP contribution is -2.40. The molecule has 1 amide bonds. The van der Waals surface area contributed by atoms with E-state index in [4.69, 9.17) is 4.74 Å². The van der Waals surface area contributed by atoms with Gasteiger partial charge in [-0.2, -0.15) is 0 Å². The Morgan fingerprint density at radius 1 is 1.36 bits per heavy atom. The number of carbonyl (C=O) groups is 1. The van der Waals surface area contributed by atoms with Crippen LogP contribution in [0.3, 0.4) is 0 Å². The van der Waals surface area contributed by atoms with Crippen molar-refractivity contribution in [3.8, 4) is 0 Å². The fourth-order valence-electron chi connectivity index (χ4n) is 3.42. The van der Waals surface area contributed by atoms with Crippen LogP contribution in [-0.4, -0.2) is 40.2 Å². The molecule has 3 rings (SSSR count). The summed E-state index contributed by atoms with van der Waals surface area (Å²) >= 11 is 0. The minimum Gasteiger partial charge on any atom is -0.449 e. The third-order valence-corrected chi connectivity index (χ3v) is 4.90.